The molecule has 0 radical (unpaired) electrons. The summed E-state index contributed by atoms with van der Waals surface area (Å²) in [5, 5.41) is 2.92. The van der Waals surface area contributed by atoms with Crippen LogP contribution in [0, 0.1) is 6.92 Å². The number of nitrogens with one attached hydrogen (secondary N) is 1. The van der Waals surface area contributed by atoms with E-state index in [4.69, 9.17) is 0 Å². The van der Waals surface area contributed by atoms with E-state index >= 15 is 0 Å². The van der Waals surface area contributed by atoms with Crippen LogP contribution in [0.25, 0.3) is 0 Å². The fourth-order valence-corrected chi connectivity index (χ4v) is 3.41. The Bertz CT molecular complexity index is 974. The van der Waals surface area contributed by atoms with Crippen molar-refractivity contribution in [2.24, 2.45) is 0 Å². The predicted molar refractivity (Wildman–Crippen MR) is 118 cm³/mol. The third-order valence-corrected chi connectivity index (χ3v) is 5.11. The quantitative estimate of drug-likeness (QED) is 0.623. The maximum Gasteiger partial charge on any atom is 0.269 e. The van der Waals surface area contributed by atoms with Crippen LogP contribution in [0.4, 0.5) is 0 Å². The number of hydrogen-bond donors (Lipinski definition) is 1. The lowest BCUT2D eigenvalue weighted by Crippen LogP contribution is -2.41. The number of benzene rings is 2. The molecule has 0 aliphatic rings. The summed E-state index contributed by atoms with van der Waals surface area (Å²) in [6.07, 6.45) is 2.96. The summed E-state index contributed by atoms with van der Waals surface area (Å²) >= 11 is 0. The van der Waals surface area contributed by atoms with Crippen LogP contribution in [0.5, 0.6) is 0 Å². The maximum atomic E-state index is 13.1. The number of aryl methyl sites for hydroxylation is 1. The molecule has 5 heteroatoms. The SMILES string of the molecule is Cc1cccc(C(=O)N(C)C(CCNC(=O)c2ccccn2)Cc2ccccc2)c1. The minimum Gasteiger partial charge on any atom is -0.351 e. The number of amides is 2. The summed E-state index contributed by atoms with van der Waals surface area (Å²) in [5.41, 5.74) is 3.27. The second-order valence-electron chi connectivity index (χ2n) is 7.39. The van der Waals surface area contributed by atoms with E-state index in [2.05, 4.69) is 22.4 Å². The normalized spacial score (nSPS) is 11.5. The first-order valence-corrected chi connectivity index (χ1v) is 10.1. The van der Waals surface area contributed by atoms with Crippen LogP contribution in [0.3, 0.4) is 0 Å². The molecule has 0 spiro atoms. The van der Waals surface area contributed by atoms with Gasteiger partial charge < -0.3 is 10.2 Å². The highest BCUT2D eigenvalue weighted by Crippen LogP contribution is 2.15. The Morgan fingerprint density at radius 2 is 1.77 bits per heavy atom. The second-order valence-corrected chi connectivity index (χ2v) is 7.39. The van der Waals surface area contributed by atoms with Crippen LogP contribution in [0.2, 0.25) is 0 Å². The van der Waals surface area contributed by atoms with Crippen LogP contribution in [-0.2, 0) is 6.42 Å². The summed E-state index contributed by atoms with van der Waals surface area (Å²) < 4.78 is 0. The summed E-state index contributed by atoms with van der Waals surface area (Å²) in [5.74, 6) is -0.225. The first kappa shape index (κ1) is 21.2. The minimum atomic E-state index is -0.207. The van der Waals surface area contributed by atoms with Crippen molar-refractivity contribution in [3.8, 4) is 0 Å². The first-order chi connectivity index (χ1) is 14.5. The predicted octanol–water partition coefficient (Wildman–Crippen LogP) is 3.89. The molecule has 1 atom stereocenters. The van der Waals surface area contributed by atoms with Gasteiger partial charge in [0.25, 0.3) is 11.8 Å². The molecule has 1 heterocycles. The van der Waals surface area contributed by atoms with E-state index in [9.17, 15) is 9.59 Å². The summed E-state index contributed by atoms with van der Waals surface area (Å²) in [6.45, 7) is 2.43. The van der Waals surface area contributed by atoms with Gasteiger partial charge in [0.1, 0.15) is 5.69 Å². The van der Waals surface area contributed by atoms with Gasteiger partial charge in [-0.05, 0) is 49.6 Å². The molecule has 5 nitrogen and oxygen atoms in total. The first-order valence-electron chi connectivity index (χ1n) is 10.1. The number of nitrogens with zero attached hydrogens (tertiary/aromatic N) is 2. The molecular formula is C25H27N3O2. The van der Waals surface area contributed by atoms with Crippen molar-refractivity contribution in [1.82, 2.24) is 15.2 Å². The van der Waals surface area contributed by atoms with E-state index < -0.39 is 0 Å². The van der Waals surface area contributed by atoms with Crippen LogP contribution in [0.15, 0.2) is 79.0 Å². The highest BCUT2D eigenvalue weighted by molar-refractivity contribution is 5.94. The summed E-state index contributed by atoms with van der Waals surface area (Å²) in [4.78, 5) is 31.2. The van der Waals surface area contributed by atoms with Crippen molar-refractivity contribution in [1.29, 1.82) is 0 Å². The largest absolute Gasteiger partial charge is 0.351 e. The Labute approximate surface area is 177 Å². The number of pyridine rings is 1. The van der Waals surface area contributed by atoms with E-state index in [1.54, 1.807) is 29.3 Å². The van der Waals surface area contributed by atoms with Gasteiger partial charge in [-0.25, -0.2) is 0 Å². The molecular weight excluding hydrogens is 374 g/mol. The van der Waals surface area contributed by atoms with Gasteiger partial charge in [0.15, 0.2) is 0 Å². The molecule has 30 heavy (non-hydrogen) atoms. The van der Waals surface area contributed by atoms with Gasteiger partial charge in [-0.15, -0.1) is 0 Å². The Morgan fingerprint density at radius 3 is 2.47 bits per heavy atom. The van der Waals surface area contributed by atoms with E-state index in [-0.39, 0.29) is 17.9 Å². The molecule has 3 aromatic rings. The zero-order valence-electron chi connectivity index (χ0n) is 17.4. The fraction of sp³-hybridized carbons (Fsp3) is 0.240. The number of aromatic nitrogens is 1. The highest BCUT2D eigenvalue weighted by atomic mass is 16.2. The van der Waals surface area contributed by atoms with Gasteiger partial charge in [0, 0.05) is 31.4 Å². The molecule has 1 aromatic heterocycles. The third-order valence-electron chi connectivity index (χ3n) is 5.11. The van der Waals surface area contributed by atoms with Gasteiger partial charge in [0.2, 0.25) is 0 Å². The number of likely N-dealkylation sites (N-methyl/N-ethyl adjacent to an activating group) is 1. The van der Waals surface area contributed by atoms with Crippen molar-refractivity contribution in [2.45, 2.75) is 25.8 Å². The lowest BCUT2D eigenvalue weighted by Gasteiger charge is -2.29. The van der Waals surface area contributed by atoms with Crippen molar-refractivity contribution in [2.75, 3.05) is 13.6 Å². The molecule has 0 saturated carbocycles. The maximum absolute atomic E-state index is 13.1. The molecule has 2 aromatic carbocycles. The van der Waals surface area contributed by atoms with E-state index in [0.29, 0.717) is 30.6 Å². The second kappa shape index (κ2) is 10.3. The molecule has 2 amide bonds. The van der Waals surface area contributed by atoms with Crippen molar-refractivity contribution >= 4 is 11.8 Å². The van der Waals surface area contributed by atoms with Gasteiger partial charge in [-0.1, -0.05) is 54.1 Å². The van der Waals surface area contributed by atoms with Crippen LogP contribution in [-0.4, -0.2) is 41.3 Å². The molecule has 0 aliphatic carbocycles. The van der Waals surface area contributed by atoms with Crippen LogP contribution >= 0.6 is 0 Å². The van der Waals surface area contributed by atoms with Crippen molar-refractivity contribution in [3.05, 3.63) is 101 Å². The average Bonchev–Trinajstić information content (AvgIpc) is 2.78. The average molecular weight is 402 g/mol. The smallest absolute Gasteiger partial charge is 0.269 e. The van der Waals surface area contributed by atoms with Crippen LogP contribution in [0.1, 0.15) is 38.4 Å². The van der Waals surface area contributed by atoms with Gasteiger partial charge in [0.05, 0.1) is 0 Å². The Morgan fingerprint density at radius 1 is 1.00 bits per heavy atom. The molecule has 0 fully saturated rings. The Balaban J connectivity index is 1.69. The van der Waals surface area contributed by atoms with Crippen LogP contribution < -0.4 is 5.32 Å². The number of hydrogen-bond acceptors (Lipinski definition) is 3. The lowest BCUT2D eigenvalue weighted by molar-refractivity contribution is 0.0722. The molecule has 3 rings (SSSR count). The lowest BCUT2D eigenvalue weighted by atomic mass is 10.0. The van der Waals surface area contributed by atoms with Gasteiger partial charge in [-0.2, -0.15) is 0 Å². The fourth-order valence-electron chi connectivity index (χ4n) is 3.41. The number of carbonyl (C=O) groups excluding carboxylic acids is 2. The molecule has 0 aliphatic heterocycles. The van der Waals surface area contributed by atoms with E-state index in [1.807, 2.05) is 56.4 Å². The summed E-state index contributed by atoms with van der Waals surface area (Å²) in [7, 11) is 1.83. The zero-order chi connectivity index (χ0) is 21.3. The minimum absolute atomic E-state index is 0.0179. The molecule has 1 unspecified atom stereocenters. The summed E-state index contributed by atoms with van der Waals surface area (Å²) in [6, 6.07) is 22.9. The molecule has 154 valence electrons. The highest BCUT2D eigenvalue weighted by Gasteiger charge is 2.22. The number of rotatable bonds is 8. The Kier molecular flexibility index (Phi) is 7.33. The Hall–Kier alpha value is -3.47. The zero-order valence-corrected chi connectivity index (χ0v) is 17.4. The van der Waals surface area contributed by atoms with Gasteiger partial charge >= 0.3 is 0 Å². The van der Waals surface area contributed by atoms with Crippen molar-refractivity contribution in [3.63, 3.8) is 0 Å². The topological polar surface area (TPSA) is 62.3 Å². The van der Waals surface area contributed by atoms with Crippen molar-refractivity contribution < 1.29 is 9.59 Å². The molecule has 0 saturated heterocycles. The van der Waals surface area contributed by atoms with Gasteiger partial charge in [-0.3, -0.25) is 14.6 Å². The number of carbonyl (C=O) groups is 2. The standard InChI is InChI=1S/C25H27N3O2/c1-19-9-8-12-21(17-19)25(30)28(2)22(18-20-10-4-3-5-11-20)14-16-27-24(29)23-13-6-7-15-26-23/h3-13,15,17,22H,14,16,18H2,1-2H3,(H,27,29). The monoisotopic (exact) mass is 401 g/mol. The molecule has 1 N–H and O–H groups in total. The van der Waals surface area contributed by atoms with E-state index in [1.165, 1.54) is 0 Å². The van der Waals surface area contributed by atoms with E-state index in [0.717, 1.165) is 11.1 Å². The third kappa shape index (κ3) is 5.77. The molecule has 0 bridgehead atoms.